The van der Waals surface area contributed by atoms with Crippen molar-refractivity contribution in [2.24, 2.45) is 0 Å². The zero-order chi connectivity index (χ0) is 15.5. The Morgan fingerprint density at radius 3 is 2.52 bits per heavy atom. The average molecular weight is 304 g/mol. The van der Waals surface area contributed by atoms with Crippen molar-refractivity contribution in [3.63, 3.8) is 0 Å². The van der Waals surface area contributed by atoms with Gasteiger partial charge < -0.3 is 10.1 Å². The van der Waals surface area contributed by atoms with E-state index in [1.165, 1.54) is 0 Å². The number of ether oxygens (including phenoxy) is 1. The van der Waals surface area contributed by atoms with E-state index in [2.05, 4.69) is 5.32 Å². The number of hydrogen-bond donors (Lipinski definition) is 1. The number of nitrogens with one attached hydrogen (secondary N) is 1. The minimum absolute atomic E-state index is 0.183. The monoisotopic (exact) mass is 303 g/mol. The topological polar surface area (TPSA) is 38.3 Å². The van der Waals surface area contributed by atoms with E-state index in [9.17, 15) is 4.79 Å². The Morgan fingerprint density at radius 1 is 1.14 bits per heavy atom. The summed E-state index contributed by atoms with van der Waals surface area (Å²) in [4.78, 5) is 12.5. The Morgan fingerprint density at radius 2 is 1.86 bits per heavy atom. The van der Waals surface area contributed by atoms with Gasteiger partial charge in [0, 0.05) is 5.02 Å². The van der Waals surface area contributed by atoms with Gasteiger partial charge in [-0.25, -0.2) is 0 Å². The van der Waals surface area contributed by atoms with Crippen molar-refractivity contribution in [2.75, 3.05) is 7.11 Å². The van der Waals surface area contributed by atoms with E-state index in [0.717, 1.165) is 5.56 Å². The molecular weight excluding hydrogens is 286 g/mol. The molecule has 1 N–H and O–H groups in total. The Labute approximate surface area is 129 Å². The van der Waals surface area contributed by atoms with Gasteiger partial charge in [0.1, 0.15) is 5.75 Å². The molecule has 0 aliphatic carbocycles. The zero-order valence-electron chi connectivity index (χ0n) is 12.3. The summed E-state index contributed by atoms with van der Waals surface area (Å²) in [6.45, 7) is 3.87. The molecule has 0 saturated heterocycles. The number of para-hydroxylation sites is 1. The number of hydrogen-bond acceptors (Lipinski definition) is 2. The number of carbonyl (C=O) groups is 1. The van der Waals surface area contributed by atoms with Crippen LogP contribution in [-0.4, -0.2) is 13.0 Å². The van der Waals surface area contributed by atoms with Crippen LogP contribution in [0.4, 0.5) is 0 Å². The van der Waals surface area contributed by atoms with E-state index in [1.807, 2.05) is 50.2 Å². The van der Waals surface area contributed by atoms with Crippen LogP contribution in [0.2, 0.25) is 5.02 Å². The molecule has 0 heterocycles. The van der Waals surface area contributed by atoms with E-state index in [-0.39, 0.29) is 5.91 Å². The lowest BCUT2D eigenvalue weighted by molar-refractivity contribution is 0.0909. The van der Waals surface area contributed by atoms with Crippen LogP contribution in [0.1, 0.15) is 29.8 Å². The maximum atomic E-state index is 12.5. The van der Waals surface area contributed by atoms with Gasteiger partial charge in [0.2, 0.25) is 0 Å². The minimum atomic E-state index is -0.539. The number of benzene rings is 2. The van der Waals surface area contributed by atoms with Crippen LogP contribution in [0.15, 0.2) is 48.5 Å². The Balaban J connectivity index is 2.26. The van der Waals surface area contributed by atoms with Gasteiger partial charge in [0.05, 0.1) is 18.2 Å². The van der Waals surface area contributed by atoms with Gasteiger partial charge in [-0.3, -0.25) is 4.79 Å². The highest BCUT2D eigenvalue weighted by molar-refractivity contribution is 6.30. The van der Waals surface area contributed by atoms with Crippen molar-refractivity contribution in [1.82, 2.24) is 5.32 Å². The van der Waals surface area contributed by atoms with Crippen molar-refractivity contribution in [2.45, 2.75) is 19.4 Å². The van der Waals surface area contributed by atoms with E-state index >= 15 is 0 Å². The molecule has 3 nitrogen and oxygen atoms in total. The highest BCUT2D eigenvalue weighted by Crippen LogP contribution is 2.25. The lowest BCUT2D eigenvalue weighted by Crippen LogP contribution is -2.41. The number of methoxy groups -OCH3 is 1. The van der Waals surface area contributed by atoms with E-state index in [4.69, 9.17) is 16.3 Å². The summed E-state index contributed by atoms with van der Waals surface area (Å²) in [5.74, 6) is 0.370. The van der Waals surface area contributed by atoms with Gasteiger partial charge in [-0.1, -0.05) is 35.9 Å². The first-order chi connectivity index (χ1) is 9.94. The molecule has 2 rings (SSSR count). The third kappa shape index (κ3) is 3.56. The third-order valence-corrected chi connectivity index (χ3v) is 3.56. The van der Waals surface area contributed by atoms with Crippen LogP contribution in [0, 0.1) is 0 Å². The molecular formula is C17H18ClNO2. The molecule has 0 aromatic heterocycles. The largest absolute Gasteiger partial charge is 0.496 e. The summed E-state index contributed by atoms with van der Waals surface area (Å²) < 4.78 is 5.22. The molecule has 2 aromatic carbocycles. The van der Waals surface area contributed by atoms with E-state index < -0.39 is 5.54 Å². The molecule has 0 saturated carbocycles. The summed E-state index contributed by atoms with van der Waals surface area (Å²) in [6.07, 6.45) is 0. The summed E-state index contributed by atoms with van der Waals surface area (Å²) in [7, 11) is 1.55. The highest BCUT2D eigenvalue weighted by atomic mass is 35.5. The second kappa shape index (κ2) is 6.19. The average Bonchev–Trinajstić information content (AvgIpc) is 2.46. The molecule has 1 amide bonds. The van der Waals surface area contributed by atoms with Crippen LogP contribution in [-0.2, 0) is 5.54 Å². The van der Waals surface area contributed by atoms with Crippen molar-refractivity contribution >= 4 is 17.5 Å². The first-order valence-corrected chi connectivity index (χ1v) is 7.03. The summed E-state index contributed by atoms with van der Waals surface area (Å²) in [5, 5.41) is 3.66. The molecule has 0 bridgehead atoms. The maximum absolute atomic E-state index is 12.5. The number of amides is 1. The van der Waals surface area contributed by atoms with Gasteiger partial charge in [-0.2, -0.15) is 0 Å². The van der Waals surface area contributed by atoms with Gasteiger partial charge in [0.25, 0.3) is 5.91 Å². The summed E-state index contributed by atoms with van der Waals surface area (Å²) >= 11 is 6.02. The lowest BCUT2D eigenvalue weighted by atomic mass is 9.94. The SMILES string of the molecule is COc1ccccc1C(=O)NC(C)(C)c1cccc(Cl)c1. The third-order valence-electron chi connectivity index (χ3n) is 3.32. The van der Waals surface area contributed by atoms with E-state index in [1.54, 1.807) is 19.2 Å². The molecule has 0 spiro atoms. The van der Waals surface area contributed by atoms with Crippen LogP contribution in [0.3, 0.4) is 0 Å². The fraction of sp³-hybridized carbons (Fsp3) is 0.235. The number of rotatable bonds is 4. The van der Waals surface area contributed by atoms with Gasteiger partial charge >= 0.3 is 0 Å². The van der Waals surface area contributed by atoms with Crippen molar-refractivity contribution in [3.05, 3.63) is 64.7 Å². The number of halogens is 1. The molecule has 110 valence electrons. The number of carbonyl (C=O) groups excluding carboxylic acids is 1. The van der Waals surface area contributed by atoms with Gasteiger partial charge in [-0.15, -0.1) is 0 Å². The summed E-state index contributed by atoms with van der Waals surface area (Å²) in [5.41, 5.74) is 0.913. The normalized spacial score (nSPS) is 11.0. The minimum Gasteiger partial charge on any atom is -0.496 e. The van der Waals surface area contributed by atoms with Gasteiger partial charge in [-0.05, 0) is 43.7 Å². The Kier molecular flexibility index (Phi) is 4.53. The van der Waals surface area contributed by atoms with Crippen molar-refractivity contribution < 1.29 is 9.53 Å². The highest BCUT2D eigenvalue weighted by Gasteiger charge is 2.24. The van der Waals surface area contributed by atoms with Crippen LogP contribution in [0.25, 0.3) is 0 Å². The zero-order valence-corrected chi connectivity index (χ0v) is 13.1. The van der Waals surface area contributed by atoms with Crippen molar-refractivity contribution in [3.8, 4) is 5.75 Å². The standard InChI is InChI=1S/C17H18ClNO2/c1-17(2,12-7-6-8-13(18)11-12)19-16(20)14-9-4-5-10-15(14)21-3/h4-11H,1-3H3,(H,19,20). The predicted octanol–water partition coefficient (Wildman–Crippen LogP) is 4.01. The molecule has 0 fully saturated rings. The Bertz CT molecular complexity index is 653. The lowest BCUT2D eigenvalue weighted by Gasteiger charge is -2.27. The molecule has 0 unspecified atom stereocenters. The molecule has 0 aliphatic heterocycles. The van der Waals surface area contributed by atoms with Crippen molar-refractivity contribution in [1.29, 1.82) is 0 Å². The second-order valence-electron chi connectivity index (χ2n) is 5.29. The van der Waals surface area contributed by atoms with E-state index in [0.29, 0.717) is 16.3 Å². The molecule has 21 heavy (non-hydrogen) atoms. The second-order valence-corrected chi connectivity index (χ2v) is 5.73. The van der Waals surface area contributed by atoms with Crippen LogP contribution < -0.4 is 10.1 Å². The first kappa shape index (κ1) is 15.4. The van der Waals surface area contributed by atoms with Gasteiger partial charge in [0.15, 0.2) is 0 Å². The molecule has 0 aliphatic rings. The summed E-state index contributed by atoms with van der Waals surface area (Å²) in [6, 6.07) is 14.6. The first-order valence-electron chi connectivity index (χ1n) is 6.65. The quantitative estimate of drug-likeness (QED) is 0.926. The smallest absolute Gasteiger partial charge is 0.255 e. The van der Waals surface area contributed by atoms with Crippen LogP contribution in [0.5, 0.6) is 5.75 Å². The Hall–Kier alpha value is -2.00. The fourth-order valence-corrected chi connectivity index (χ4v) is 2.32. The maximum Gasteiger partial charge on any atom is 0.255 e. The molecule has 0 radical (unpaired) electrons. The molecule has 2 aromatic rings. The predicted molar refractivity (Wildman–Crippen MR) is 84.9 cm³/mol. The molecule has 4 heteroatoms. The molecule has 0 atom stereocenters. The fourth-order valence-electron chi connectivity index (χ4n) is 2.13. The van der Waals surface area contributed by atoms with Crippen LogP contribution >= 0.6 is 11.6 Å².